The normalized spacial score (nSPS) is 11.2. The van der Waals surface area contributed by atoms with Gasteiger partial charge < -0.3 is 15.2 Å². The van der Waals surface area contributed by atoms with Crippen molar-refractivity contribution in [3.8, 4) is 0 Å². The van der Waals surface area contributed by atoms with Gasteiger partial charge in [0.25, 0.3) is 0 Å². The van der Waals surface area contributed by atoms with Gasteiger partial charge in [-0.05, 0) is 25.1 Å². The van der Waals surface area contributed by atoms with Crippen LogP contribution in [-0.2, 0) is 10.9 Å². The monoisotopic (exact) mass is 303 g/mol. The lowest BCUT2D eigenvalue weighted by Crippen LogP contribution is -2.15. The molecular weight excluding hydrogens is 287 g/mol. The number of anilines is 1. The van der Waals surface area contributed by atoms with E-state index in [4.69, 9.17) is 9.84 Å². The maximum atomic E-state index is 12.8. The van der Waals surface area contributed by atoms with Crippen molar-refractivity contribution in [2.45, 2.75) is 13.1 Å². The summed E-state index contributed by atoms with van der Waals surface area (Å²) >= 11 is 0. The predicted octanol–water partition coefficient (Wildman–Crippen LogP) is 3.41. The molecule has 0 saturated heterocycles. The van der Waals surface area contributed by atoms with E-state index in [9.17, 15) is 18.0 Å². The molecule has 0 spiro atoms. The zero-order valence-corrected chi connectivity index (χ0v) is 11.5. The van der Waals surface area contributed by atoms with Crippen LogP contribution < -0.4 is 5.32 Å². The van der Waals surface area contributed by atoms with Crippen molar-refractivity contribution in [2.75, 3.05) is 25.1 Å². The van der Waals surface area contributed by atoms with Crippen LogP contribution in [0.3, 0.4) is 0 Å². The van der Waals surface area contributed by atoms with Crippen LogP contribution in [0.1, 0.15) is 22.8 Å². The summed E-state index contributed by atoms with van der Waals surface area (Å²) in [5.74, 6) is -1.61. The molecule has 7 heteroatoms. The van der Waals surface area contributed by atoms with Gasteiger partial charge in [-0.25, -0.2) is 4.79 Å². The van der Waals surface area contributed by atoms with Crippen LogP contribution in [0.4, 0.5) is 18.9 Å². The van der Waals surface area contributed by atoms with Crippen LogP contribution in [0.25, 0.3) is 0 Å². The molecule has 0 aromatic heterocycles. The van der Waals surface area contributed by atoms with Gasteiger partial charge in [-0.3, -0.25) is 0 Å². The van der Waals surface area contributed by atoms with Gasteiger partial charge in [-0.1, -0.05) is 12.2 Å². The van der Waals surface area contributed by atoms with Gasteiger partial charge in [0.2, 0.25) is 0 Å². The van der Waals surface area contributed by atoms with E-state index in [0.717, 1.165) is 17.7 Å². The highest BCUT2D eigenvalue weighted by molar-refractivity contribution is 5.90. The summed E-state index contributed by atoms with van der Waals surface area (Å²) in [6, 6.07) is 3.00. The number of alkyl halides is 3. The van der Waals surface area contributed by atoms with E-state index < -0.39 is 23.3 Å². The Bertz CT molecular complexity index is 527. The molecule has 1 aromatic rings. The molecule has 2 N–H and O–H groups in total. The van der Waals surface area contributed by atoms with E-state index in [-0.39, 0.29) is 5.69 Å². The quantitative estimate of drug-likeness (QED) is 0.598. The largest absolute Gasteiger partial charge is 0.478 e. The summed E-state index contributed by atoms with van der Waals surface area (Å²) in [6.07, 6.45) is -4.72. The molecule has 1 rings (SSSR count). The molecule has 0 unspecified atom stereocenters. The van der Waals surface area contributed by atoms with Crippen molar-refractivity contribution in [3.05, 3.63) is 41.5 Å². The molecule has 0 heterocycles. The van der Waals surface area contributed by atoms with Crippen molar-refractivity contribution >= 4 is 11.7 Å². The molecule has 116 valence electrons. The number of benzene rings is 1. The summed E-state index contributed by atoms with van der Waals surface area (Å²) in [5, 5.41) is 11.5. The first-order valence-electron chi connectivity index (χ1n) is 6.12. The van der Waals surface area contributed by atoms with Gasteiger partial charge >= 0.3 is 12.1 Å². The number of aromatic carboxylic acids is 1. The fourth-order valence-electron chi connectivity index (χ4n) is 1.59. The van der Waals surface area contributed by atoms with Crippen LogP contribution in [0.15, 0.2) is 30.4 Å². The minimum absolute atomic E-state index is 0.186. The number of hydrogen-bond donors (Lipinski definition) is 2. The van der Waals surface area contributed by atoms with Gasteiger partial charge in [-0.15, -0.1) is 0 Å². The zero-order valence-electron chi connectivity index (χ0n) is 11.5. The van der Waals surface area contributed by atoms with Crippen molar-refractivity contribution in [1.82, 2.24) is 0 Å². The molecule has 1 aromatic carbocycles. The fraction of sp³-hybridized carbons (Fsp3) is 0.357. The van der Waals surface area contributed by atoms with E-state index >= 15 is 0 Å². The summed E-state index contributed by atoms with van der Waals surface area (Å²) in [5.41, 5.74) is -0.916. The Kier molecular flexibility index (Phi) is 5.78. The number of carbonyl (C=O) groups is 1. The lowest BCUT2D eigenvalue weighted by Gasteiger charge is -2.13. The highest BCUT2D eigenvalue weighted by atomic mass is 19.4. The van der Waals surface area contributed by atoms with Crippen LogP contribution in [0.2, 0.25) is 0 Å². The van der Waals surface area contributed by atoms with Crippen molar-refractivity contribution in [3.63, 3.8) is 0 Å². The standard InChI is InChI=1S/C14H16F3NO3/c1-9(2)8-21-6-5-18-10-3-4-11(13(19)20)12(7-10)14(15,16)17/h3-4,7,18H,1,5-6,8H2,2H3,(H,19,20). The minimum Gasteiger partial charge on any atom is -0.478 e. The van der Waals surface area contributed by atoms with Gasteiger partial charge in [0.05, 0.1) is 24.3 Å². The molecule has 0 amide bonds. The molecule has 0 fully saturated rings. The smallest absolute Gasteiger partial charge is 0.417 e. The van der Waals surface area contributed by atoms with Crippen LogP contribution >= 0.6 is 0 Å². The highest BCUT2D eigenvalue weighted by Gasteiger charge is 2.35. The lowest BCUT2D eigenvalue weighted by molar-refractivity contribution is -0.138. The van der Waals surface area contributed by atoms with Crippen LogP contribution in [0.5, 0.6) is 0 Å². The highest BCUT2D eigenvalue weighted by Crippen LogP contribution is 2.33. The Hall–Kier alpha value is -2.02. The molecule has 0 radical (unpaired) electrons. The molecule has 4 nitrogen and oxygen atoms in total. The minimum atomic E-state index is -4.72. The van der Waals surface area contributed by atoms with E-state index in [1.165, 1.54) is 6.07 Å². The number of carboxylic acid groups (broad SMARTS) is 1. The second kappa shape index (κ2) is 7.12. The van der Waals surface area contributed by atoms with Crippen molar-refractivity contribution in [1.29, 1.82) is 0 Å². The number of ether oxygens (including phenoxy) is 1. The molecule has 0 atom stereocenters. The average Bonchev–Trinajstić information content (AvgIpc) is 2.36. The number of carboxylic acids is 1. The van der Waals surface area contributed by atoms with Gasteiger partial charge in [0.15, 0.2) is 0 Å². The molecular formula is C14H16F3NO3. The second-order valence-corrected chi connectivity index (χ2v) is 4.50. The van der Waals surface area contributed by atoms with E-state index in [1.807, 2.05) is 0 Å². The Labute approximate surface area is 120 Å². The number of halogens is 3. The molecule has 0 aliphatic heterocycles. The summed E-state index contributed by atoms with van der Waals surface area (Å²) in [7, 11) is 0. The maximum Gasteiger partial charge on any atom is 0.417 e. The summed E-state index contributed by atoms with van der Waals surface area (Å²) < 4.78 is 43.6. The second-order valence-electron chi connectivity index (χ2n) is 4.50. The van der Waals surface area contributed by atoms with Gasteiger partial charge in [0, 0.05) is 12.2 Å². The summed E-state index contributed by atoms with van der Waals surface area (Å²) in [6.45, 7) is 6.43. The Morgan fingerprint density at radius 3 is 2.62 bits per heavy atom. The third-order valence-electron chi connectivity index (χ3n) is 2.48. The number of hydrogen-bond acceptors (Lipinski definition) is 3. The first-order valence-corrected chi connectivity index (χ1v) is 6.12. The first kappa shape index (κ1) is 17.0. The molecule has 0 aliphatic rings. The molecule has 0 bridgehead atoms. The molecule has 0 saturated carbocycles. The maximum absolute atomic E-state index is 12.8. The number of nitrogens with one attached hydrogen (secondary N) is 1. The third kappa shape index (κ3) is 5.47. The zero-order chi connectivity index (χ0) is 16.0. The summed E-state index contributed by atoms with van der Waals surface area (Å²) in [4.78, 5) is 10.8. The van der Waals surface area contributed by atoms with E-state index in [1.54, 1.807) is 6.92 Å². The fourth-order valence-corrected chi connectivity index (χ4v) is 1.59. The molecule has 21 heavy (non-hydrogen) atoms. The third-order valence-corrected chi connectivity index (χ3v) is 2.48. The van der Waals surface area contributed by atoms with Gasteiger partial charge in [-0.2, -0.15) is 13.2 Å². The van der Waals surface area contributed by atoms with Crippen molar-refractivity contribution < 1.29 is 27.8 Å². The lowest BCUT2D eigenvalue weighted by atomic mass is 10.1. The Morgan fingerprint density at radius 2 is 2.10 bits per heavy atom. The Morgan fingerprint density at radius 1 is 1.43 bits per heavy atom. The van der Waals surface area contributed by atoms with E-state index in [2.05, 4.69) is 11.9 Å². The molecule has 0 aliphatic carbocycles. The topological polar surface area (TPSA) is 58.6 Å². The SMILES string of the molecule is C=C(C)COCCNc1ccc(C(=O)O)c(C(F)(F)F)c1. The number of rotatable bonds is 7. The first-order chi connectivity index (χ1) is 9.71. The van der Waals surface area contributed by atoms with Crippen LogP contribution in [0, 0.1) is 0 Å². The van der Waals surface area contributed by atoms with Crippen LogP contribution in [-0.4, -0.2) is 30.8 Å². The Balaban J connectivity index is 2.73. The van der Waals surface area contributed by atoms with E-state index in [0.29, 0.717) is 19.8 Å². The predicted molar refractivity (Wildman–Crippen MR) is 72.5 cm³/mol. The van der Waals surface area contributed by atoms with Gasteiger partial charge in [0.1, 0.15) is 0 Å². The average molecular weight is 303 g/mol. The van der Waals surface area contributed by atoms with Crippen molar-refractivity contribution in [2.24, 2.45) is 0 Å².